The Hall–Kier alpha value is 0.360. The Morgan fingerprint density at radius 1 is 1.26 bits per heavy atom. The molecule has 1 aromatic rings. The van der Waals surface area contributed by atoms with Crippen molar-refractivity contribution in [3.8, 4) is 0 Å². The van der Waals surface area contributed by atoms with Crippen molar-refractivity contribution < 1.29 is 0 Å². The molecule has 1 aromatic heterocycles. The molecule has 0 aliphatic carbocycles. The predicted octanol–water partition coefficient (Wildman–Crippen LogP) is 4.72. The molecule has 0 bridgehead atoms. The molecule has 1 aliphatic rings. The van der Waals surface area contributed by atoms with Gasteiger partial charge in [-0.2, -0.15) is 23.5 Å². The number of thioether (sulfide) groups is 2. The molecule has 1 N–H and O–H groups in total. The van der Waals surface area contributed by atoms with E-state index in [0.29, 0.717) is 6.04 Å². The van der Waals surface area contributed by atoms with Crippen molar-refractivity contribution in [2.75, 3.05) is 18.1 Å². The molecule has 0 spiro atoms. The second-order valence-electron chi connectivity index (χ2n) is 5.03. The van der Waals surface area contributed by atoms with E-state index in [-0.39, 0.29) is 0 Å². The Bertz CT molecular complexity index is 377. The Morgan fingerprint density at radius 2 is 2.05 bits per heavy atom. The molecule has 0 radical (unpaired) electrons. The summed E-state index contributed by atoms with van der Waals surface area (Å²) in [6.45, 7) is 7.93. The molecule has 1 aliphatic heterocycles. The van der Waals surface area contributed by atoms with Crippen LogP contribution in [0.5, 0.6) is 0 Å². The van der Waals surface area contributed by atoms with Crippen molar-refractivity contribution in [1.82, 2.24) is 5.32 Å². The monoisotopic (exact) mass is 315 g/mol. The molecule has 3 atom stereocenters. The molecular weight excluding hydrogens is 290 g/mol. The first-order valence-corrected chi connectivity index (χ1v) is 10.2. The van der Waals surface area contributed by atoms with Crippen LogP contribution < -0.4 is 5.32 Å². The lowest BCUT2D eigenvalue weighted by molar-refractivity contribution is 0.504. The maximum Gasteiger partial charge on any atom is 0.0546 e. The van der Waals surface area contributed by atoms with Gasteiger partial charge in [0.15, 0.2) is 0 Å². The van der Waals surface area contributed by atoms with Crippen LogP contribution in [0.25, 0.3) is 0 Å². The molecule has 108 valence electrons. The summed E-state index contributed by atoms with van der Waals surface area (Å²) in [4.78, 5) is 2.96. The lowest BCUT2D eigenvalue weighted by Gasteiger charge is -2.36. The van der Waals surface area contributed by atoms with Crippen LogP contribution in [0.3, 0.4) is 0 Å². The van der Waals surface area contributed by atoms with Crippen LogP contribution in [0.2, 0.25) is 0 Å². The van der Waals surface area contributed by atoms with Gasteiger partial charge in [-0.25, -0.2) is 0 Å². The van der Waals surface area contributed by atoms with Gasteiger partial charge in [0, 0.05) is 31.8 Å². The van der Waals surface area contributed by atoms with Crippen LogP contribution >= 0.6 is 34.9 Å². The summed E-state index contributed by atoms with van der Waals surface area (Å²) in [5, 5.41) is 5.34. The average molecular weight is 316 g/mol. The second-order valence-corrected chi connectivity index (χ2v) is 8.99. The number of aryl methyl sites for hydroxylation is 1. The molecule has 0 amide bonds. The third-order valence-corrected chi connectivity index (χ3v) is 7.94. The van der Waals surface area contributed by atoms with Gasteiger partial charge in [0.25, 0.3) is 0 Å². The Kier molecular flexibility index (Phi) is 6.60. The summed E-state index contributed by atoms with van der Waals surface area (Å²) in [5.41, 5.74) is 0. The number of hydrogen-bond acceptors (Lipinski definition) is 4. The highest BCUT2D eigenvalue weighted by Gasteiger charge is 2.33. The fourth-order valence-electron chi connectivity index (χ4n) is 2.55. The van der Waals surface area contributed by atoms with Crippen LogP contribution in [0, 0.1) is 6.92 Å². The van der Waals surface area contributed by atoms with E-state index < -0.39 is 0 Å². The molecule has 1 saturated heterocycles. The van der Waals surface area contributed by atoms with E-state index in [0.717, 1.165) is 17.0 Å². The van der Waals surface area contributed by atoms with Crippen molar-refractivity contribution in [3.63, 3.8) is 0 Å². The van der Waals surface area contributed by atoms with E-state index in [4.69, 9.17) is 0 Å². The molecule has 3 unspecified atom stereocenters. The lowest BCUT2D eigenvalue weighted by atomic mass is 10.1. The number of hydrogen-bond donors (Lipinski definition) is 1. The van der Waals surface area contributed by atoms with Crippen molar-refractivity contribution >= 4 is 34.9 Å². The summed E-state index contributed by atoms with van der Waals surface area (Å²) >= 11 is 6.33. The number of thiophene rings is 1. The third-order valence-electron chi connectivity index (χ3n) is 3.50. The van der Waals surface area contributed by atoms with E-state index >= 15 is 0 Å². The van der Waals surface area contributed by atoms with Crippen LogP contribution in [0.1, 0.15) is 42.5 Å². The van der Waals surface area contributed by atoms with Gasteiger partial charge in [-0.15, -0.1) is 11.3 Å². The van der Waals surface area contributed by atoms with Crippen molar-refractivity contribution in [2.45, 2.75) is 50.2 Å². The fourth-order valence-corrected chi connectivity index (χ4v) is 6.87. The largest absolute Gasteiger partial charge is 0.308 e. The van der Waals surface area contributed by atoms with E-state index in [1.807, 2.05) is 11.3 Å². The molecule has 0 aromatic carbocycles. The van der Waals surface area contributed by atoms with Crippen LogP contribution in [0.4, 0.5) is 0 Å². The quantitative estimate of drug-likeness (QED) is 0.815. The number of nitrogens with one attached hydrogen (secondary N) is 1. The average Bonchev–Trinajstić information content (AvgIpc) is 2.86. The smallest absolute Gasteiger partial charge is 0.0546 e. The summed E-state index contributed by atoms with van der Waals surface area (Å²) in [6, 6.07) is 5.14. The Balaban J connectivity index is 2.15. The van der Waals surface area contributed by atoms with E-state index in [2.05, 4.69) is 61.7 Å². The number of rotatable bonds is 6. The van der Waals surface area contributed by atoms with Crippen LogP contribution in [-0.2, 0) is 0 Å². The Morgan fingerprint density at radius 3 is 2.68 bits per heavy atom. The molecular formula is C15H25NS3. The van der Waals surface area contributed by atoms with Gasteiger partial charge in [0.1, 0.15) is 0 Å². The zero-order valence-corrected chi connectivity index (χ0v) is 14.6. The third kappa shape index (κ3) is 4.16. The normalized spacial score (nSPS) is 25.4. The van der Waals surface area contributed by atoms with Gasteiger partial charge in [0.05, 0.1) is 6.04 Å². The molecule has 1 nitrogen and oxygen atoms in total. The fraction of sp³-hybridized carbons (Fsp3) is 0.733. The first-order chi connectivity index (χ1) is 9.26. The van der Waals surface area contributed by atoms with Crippen molar-refractivity contribution in [3.05, 3.63) is 21.9 Å². The first kappa shape index (κ1) is 15.7. The standard InChI is InChI=1S/C15H25NS3/c1-4-8-16-14(13-7-6-11(3)19-13)15-12(5-2)17-9-10-18-15/h6-7,12,14-16H,4-5,8-10H2,1-3H3. The summed E-state index contributed by atoms with van der Waals surface area (Å²) in [6.07, 6.45) is 2.50. The lowest BCUT2D eigenvalue weighted by Crippen LogP contribution is -2.38. The summed E-state index contributed by atoms with van der Waals surface area (Å²) in [7, 11) is 0. The van der Waals surface area contributed by atoms with E-state index in [1.165, 1.54) is 34.1 Å². The van der Waals surface area contributed by atoms with Gasteiger partial charge in [-0.05, 0) is 38.4 Å². The maximum absolute atomic E-state index is 3.81. The van der Waals surface area contributed by atoms with Crippen LogP contribution in [-0.4, -0.2) is 28.6 Å². The second kappa shape index (κ2) is 7.96. The molecule has 19 heavy (non-hydrogen) atoms. The molecule has 1 fully saturated rings. The molecule has 0 saturated carbocycles. The highest BCUT2D eigenvalue weighted by atomic mass is 32.2. The summed E-state index contributed by atoms with van der Waals surface area (Å²) < 4.78 is 0. The first-order valence-electron chi connectivity index (χ1n) is 7.29. The SMILES string of the molecule is CCCNC(c1ccc(C)s1)C1SCCSC1CC. The summed E-state index contributed by atoms with van der Waals surface area (Å²) in [5.74, 6) is 2.63. The minimum atomic E-state index is 0.543. The molecule has 4 heteroatoms. The zero-order chi connectivity index (χ0) is 13.7. The Labute approximate surface area is 130 Å². The van der Waals surface area contributed by atoms with Crippen molar-refractivity contribution in [1.29, 1.82) is 0 Å². The van der Waals surface area contributed by atoms with Gasteiger partial charge in [-0.1, -0.05) is 13.8 Å². The van der Waals surface area contributed by atoms with Gasteiger partial charge < -0.3 is 5.32 Å². The van der Waals surface area contributed by atoms with Crippen LogP contribution in [0.15, 0.2) is 12.1 Å². The van der Waals surface area contributed by atoms with Crippen molar-refractivity contribution in [2.24, 2.45) is 0 Å². The topological polar surface area (TPSA) is 12.0 Å². The van der Waals surface area contributed by atoms with E-state index in [1.54, 1.807) is 0 Å². The molecule has 2 rings (SSSR count). The minimum Gasteiger partial charge on any atom is -0.308 e. The zero-order valence-electron chi connectivity index (χ0n) is 12.1. The molecule has 2 heterocycles. The highest BCUT2D eigenvalue weighted by Crippen LogP contribution is 2.41. The highest BCUT2D eigenvalue weighted by molar-refractivity contribution is 8.07. The van der Waals surface area contributed by atoms with Gasteiger partial charge in [0.2, 0.25) is 0 Å². The van der Waals surface area contributed by atoms with Gasteiger partial charge >= 0.3 is 0 Å². The predicted molar refractivity (Wildman–Crippen MR) is 92.9 cm³/mol. The van der Waals surface area contributed by atoms with E-state index in [9.17, 15) is 0 Å². The van der Waals surface area contributed by atoms with Gasteiger partial charge in [-0.3, -0.25) is 0 Å². The minimum absolute atomic E-state index is 0.543. The maximum atomic E-state index is 3.81.